The second kappa shape index (κ2) is 6.98. The Morgan fingerprint density at radius 2 is 1.83 bits per heavy atom. The van der Waals surface area contributed by atoms with Crippen molar-refractivity contribution in [2.24, 2.45) is 0 Å². The van der Waals surface area contributed by atoms with Gasteiger partial charge in [-0.25, -0.2) is 18.4 Å². The summed E-state index contributed by atoms with van der Waals surface area (Å²) in [5, 5.41) is 0.515. The molecule has 3 aromatic rings. The number of anilines is 1. The predicted molar refractivity (Wildman–Crippen MR) is 92.1 cm³/mol. The van der Waals surface area contributed by atoms with Gasteiger partial charge >= 0.3 is 0 Å². The average molecular weight is 358 g/mol. The number of aromatic nitrogens is 3. The quantitative estimate of drug-likeness (QED) is 0.700. The van der Waals surface area contributed by atoms with Crippen molar-refractivity contribution in [1.29, 1.82) is 0 Å². The maximum absolute atomic E-state index is 12.4. The Morgan fingerprint density at radius 3 is 2.50 bits per heavy atom. The van der Waals surface area contributed by atoms with Crippen LogP contribution in [0.4, 0.5) is 5.82 Å². The second-order valence-corrected chi connectivity index (χ2v) is 7.99. The van der Waals surface area contributed by atoms with E-state index in [-0.39, 0.29) is 10.6 Å². The van der Waals surface area contributed by atoms with Crippen molar-refractivity contribution >= 4 is 27.4 Å². The molecular formula is C16H14N4O2S2. The van der Waals surface area contributed by atoms with Crippen LogP contribution in [-0.2, 0) is 15.6 Å². The molecule has 1 aromatic carbocycles. The summed E-state index contributed by atoms with van der Waals surface area (Å²) >= 11 is 1.32. The van der Waals surface area contributed by atoms with Gasteiger partial charge in [-0.2, -0.15) is 0 Å². The first-order valence-electron chi connectivity index (χ1n) is 7.01. The highest BCUT2D eigenvalue weighted by Crippen LogP contribution is 2.26. The molecule has 122 valence electrons. The number of hydrogen-bond acceptors (Lipinski definition) is 7. The number of nitrogen functional groups attached to an aromatic ring is 1. The lowest BCUT2D eigenvalue weighted by Gasteiger charge is -2.06. The number of hydrogen-bond donors (Lipinski definition) is 1. The first kappa shape index (κ1) is 16.4. The van der Waals surface area contributed by atoms with E-state index >= 15 is 0 Å². The summed E-state index contributed by atoms with van der Waals surface area (Å²) in [6.07, 6.45) is 4.75. The molecule has 0 unspecified atom stereocenters. The largest absolute Gasteiger partial charge is 0.384 e. The van der Waals surface area contributed by atoms with Gasteiger partial charge in [0.1, 0.15) is 5.82 Å². The van der Waals surface area contributed by atoms with Gasteiger partial charge in [-0.1, -0.05) is 6.07 Å². The fraction of sp³-hybridized carbons (Fsp3) is 0.0625. The first-order valence-corrected chi connectivity index (χ1v) is 9.48. The Kier molecular flexibility index (Phi) is 4.77. The van der Waals surface area contributed by atoms with Crippen molar-refractivity contribution in [3.05, 3.63) is 66.6 Å². The number of nitrogens with zero attached hydrogens (tertiary/aromatic N) is 3. The third-order valence-electron chi connectivity index (χ3n) is 3.13. The summed E-state index contributed by atoms with van der Waals surface area (Å²) in [4.78, 5) is 13.2. The highest BCUT2D eigenvalue weighted by Gasteiger charge is 2.15. The molecule has 0 saturated heterocycles. The van der Waals surface area contributed by atoms with Crippen molar-refractivity contribution < 1.29 is 8.42 Å². The Morgan fingerprint density at radius 1 is 1.04 bits per heavy atom. The number of benzene rings is 1. The van der Waals surface area contributed by atoms with E-state index < -0.39 is 9.84 Å². The monoisotopic (exact) mass is 358 g/mol. The molecule has 0 aliphatic rings. The Balaban J connectivity index is 1.76. The molecular weight excluding hydrogens is 344 g/mol. The van der Waals surface area contributed by atoms with Crippen LogP contribution in [0.1, 0.15) is 5.56 Å². The molecule has 0 fully saturated rings. The van der Waals surface area contributed by atoms with Gasteiger partial charge in [-0.3, -0.25) is 4.98 Å². The number of rotatable bonds is 5. The van der Waals surface area contributed by atoms with E-state index in [2.05, 4.69) is 15.0 Å². The number of nitrogens with two attached hydrogens (primary N) is 1. The van der Waals surface area contributed by atoms with Crippen LogP contribution in [0.3, 0.4) is 0 Å². The zero-order chi connectivity index (χ0) is 17.0. The van der Waals surface area contributed by atoms with Crippen molar-refractivity contribution in [3.63, 3.8) is 0 Å². The van der Waals surface area contributed by atoms with Gasteiger partial charge in [0.05, 0.1) is 10.6 Å². The third-order valence-corrected chi connectivity index (χ3v) is 5.72. The third kappa shape index (κ3) is 4.09. The Bertz CT molecular complexity index is 930. The normalized spacial score (nSPS) is 11.3. The fourth-order valence-corrected chi connectivity index (χ4v) is 4.08. The lowest BCUT2D eigenvalue weighted by Crippen LogP contribution is -2.05. The van der Waals surface area contributed by atoms with Crippen molar-refractivity contribution in [3.8, 4) is 0 Å². The lowest BCUT2D eigenvalue weighted by molar-refractivity contribution is 0.595. The smallest absolute Gasteiger partial charge is 0.194 e. The highest BCUT2D eigenvalue weighted by atomic mass is 32.2. The minimum absolute atomic E-state index is 0.0777. The molecule has 0 saturated carbocycles. The number of pyridine rings is 1. The van der Waals surface area contributed by atoms with Gasteiger partial charge in [-0.15, -0.1) is 0 Å². The Hall–Kier alpha value is -2.45. The first-order chi connectivity index (χ1) is 11.5. The van der Waals surface area contributed by atoms with Gasteiger partial charge in [0, 0.05) is 23.5 Å². The zero-order valence-electron chi connectivity index (χ0n) is 12.5. The van der Waals surface area contributed by atoms with Crippen LogP contribution >= 0.6 is 11.8 Å². The SMILES string of the molecule is Nc1ccnc(Sc2ccc(S(=O)(=O)Cc3cccnc3)cc2)n1. The van der Waals surface area contributed by atoms with Gasteiger partial charge in [0.15, 0.2) is 15.0 Å². The minimum Gasteiger partial charge on any atom is -0.384 e. The topological polar surface area (TPSA) is 98.8 Å². The molecule has 0 aliphatic heterocycles. The van der Waals surface area contributed by atoms with Gasteiger partial charge in [-0.05, 0) is 53.7 Å². The standard InChI is InChI=1S/C16H14N4O2S2/c17-15-7-9-19-16(20-15)23-13-3-5-14(6-4-13)24(21,22)11-12-2-1-8-18-10-12/h1-10H,11H2,(H2,17,19,20). The van der Waals surface area contributed by atoms with Crippen LogP contribution in [0.15, 0.2) is 76.0 Å². The van der Waals surface area contributed by atoms with Gasteiger partial charge in [0.25, 0.3) is 0 Å². The van der Waals surface area contributed by atoms with E-state index in [0.717, 1.165) is 4.90 Å². The molecule has 0 radical (unpaired) electrons. The summed E-state index contributed by atoms with van der Waals surface area (Å²) in [5.74, 6) is 0.314. The molecule has 0 spiro atoms. The molecule has 6 nitrogen and oxygen atoms in total. The van der Waals surface area contributed by atoms with E-state index in [1.54, 1.807) is 61.1 Å². The van der Waals surface area contributed by atoms with E-state index in [9.17, 15) is 8.42 Å². The van der Waals surface area contributed by atoms with Crippen LogP contribution in [0.25, 0.3) is 0 Å². The van der Waals surface area contributed by atoms with E-state index in [4.69, 9.17) is 5.73 Å². The molecule has 2 aromatic heterocycles. The van der Waals surface area contributed by atoms with Crippen LogP contribution in [0, 0.1) is 0 Å². The molecule has 2 N–H and O–H groups in total. The summed E-state index contributed by atoms with van der Waals surface area (Å²) in [5.41, 5.74) is 6.27. The maximum atomic E-state index is 12.4. The molecule has 0 atom stereocenters. The van der Waals surface area contributed by atoms with E-state index in [0.29, 0.717) is 16.5 Å². The minimum atomic E-state index is -3.41. The average Bonchev–Trinajstić information content (AvgIpc) is 2.56. The van der Waals surface area contributed by atoms with Crippen LogP contribution < -0.4 is 5.73 Å². The summed E-state index contributed by atoms with van der Waals surface area (Å²) in [7, 11) is -3.41. The van der Waals surface area contributed by atoms with E-state index in [1.807, 2.05) is 0 Å². The molecule has 0 bridgehead atoms. The molecule has 24 heavy (non-hydrogen) atoms. The summed E-state index contributed by atoms with van der Waals surface area (Å²) in [6, 6.07) is 11.7. The second-order valence-electron chi connectivity index (χ2n) is 4.96. The van der Waals surface area contributed by atoms with Crippen molar-refractivity contribution in [2.45, 2.75) is 20.7 Å². The lowest BCUT2D eigenvalue weighted by atomic mass is 10.3. The van der Waals surface area contributed by atoms with Crippen LogP contribution in [0.5, 0.6) is 0 Å². The maximum Gasteiger partial charge on any atom is 0.194 e. The molecule has 0 amide bonds. The number of sulfone groups is 1. The van der Waals surface area contributed by atoms with Crippen LogP contribution in [-0.4, -0.2) is 23.4 Å². The van der Waals surface area contributed by atoms with E-state index in [1.165, 1.54) is 11.8 Å². The molecule has 8 heteroatoms. The van der Waals surface area contributed by atoms with Crippen molar-refractivity contribution in [1.82, 2.24) is 15.0 Å². The summed E-state index contributed by atoms with van der Waals surface area (Å²) in [6.45, 7) is 0. The summed E-state index contributed by atoms with van der Waals surface area (Å²) < 4.78 is 24.9. The molecule has 0 aliphatic carbocycles. The Labute approximate surface area is 144 Å². The fourth-order valence-electron chi connectivity index (χ4n) is 2.01. The van der Waals surface area contributed by atoms with Crippen LogP contribution in [0.2, 0.25) is 0 Å². The molecule has 3 rings (SSSR count). The highest BCUT2D eigenvalue weighted by molar-refractivity contribution is 7.99. The molecule has 2 heterocycles. The predicted octanol–water partition coefficient (Wildman–Crippen LogP) is 2.58. The van der Waals surface area contributed by atoms with Gasteiger partial charge < -0.3 is 5.73 Å². The zero-order valence-corrected chi connectivity index (χ0v) is 14.2. The van der Waals surface area contributed by atoms with Gasteiger partial charge in [0.2, 0.25) is 0 Å². The van der Waals surface area contributed by atoms with Crippen molar-refractivity contribution in [2.75, 3.05) is 5.73 Å².